The van der Waals surface area contributed by atoms with Gasteiger partial charge in [-0.05, 0) is 18.6 Å². The first-order chi connectivity index (χ1) is 8.63. The van der Waals surface area contributed by atoms with Crippen LogP contribution in [0.5, 0.6) is 0 Å². The maximum atomic E-state index is 11.5. The van der Waals surface area contributed by atoms with Crippen LogP contribution in [0, 0.1) is 5.92 Å². The lowest BCUT2D eigenvalue weighted by Crippen LogP contribution is -2.26. The summed E-state index contributed by atoms with van der Waals surface area (Å²) >= 11 is 0. The largest absolute Gasteiger partial charge is 0.397 e. The number of rotatable bonds is 4. The smallest absolute Gasteiger partial charge is 0.250 e. The molecule has 18 heavy (non-hydrogen) atoms. The predicted octanol–water partition coefficient (Wildman–Crippen LogP) is 0.840. The number of nitrogen functional groups attached to an aromatic ring is 1. The third kappa shape index (κ3) is 2.41. The number of hydrogen-bond donors (Lipinski definition) is 2. The van der Waals surface area contributed by atoms with Crippen molar-refractivity contribution in [1.82, 2.24) is 0 Å². The van der Waals surface area contributed by atoms with Gasteiger partial charge in [0.2, 0.25) is 0 Å². The summed E-state index contributed by atoms with van der Waals surface area (Å²) in [6.07, 6.45) is 1.04. The Kier molecular flexibility index (Phi) is 3.72. The number of nitrogens with zero attached hydrogens (tertiary/aromatic N) is 1. The van der Waals surface area contributed by atoms with Crippen molar-refractivity contribution in [3.8, 4) is 0 Å². The van der Waals surface area contributed by atoms with E-state index >= 15 is 0 Å². The molecule has 1 aromatic carbocycles. The van der Waals surface area contributed by atoms with E-state index in [1.807, 2.05) is 0 Å². The van der Waals surface area contributed by atoms with Crippen LogP contribution in [-0.4, -0.2) is 32.7 Å². The second-order valence-electron chi connectivity index (χ2n) is 4.66. The molecule has 0 aromatic heterocycles. The van der Waals surface area contributed by atoms with Crippen LogP contribution < -0.4 is 16.4 Å². The molecular formula is C13H19N3O2. The minimum Gasteiger partial charge on any atom is -0.397 e. The van der Waals surface area contributed by atoms with Gasteiger partial charge in [-0.25, -0.2) is 0 Å². The van der Waals surface area contributed by atoms with Gasteiger partial charge in [0, 0.05) is 26.1 Å². The fraction of sp³-hybridized carbons (Fsp3) is 0.462. The monoisotopic (exact) mass is 249 g/mol. The highest BCUT2D eigenvalue weighted by Gasteiger charge is 2.26. The molecule has 1 saturated heterocycles. The van der Waals surface area contributed by atoms with Gasteiger partial charge in [-0.15, -0.1) is 0 Å². The summed E-state index contributed by atoms with van der Waals surface area (Å²) in [5, 5.41) is 0. The summed E-state index contributed by atoms with van der Waals surface area (Å²) in [5.41, 5.74) is 13.2. The molecule has 1 amide bonds. The van der Waals surface area contributed by atoms with Crippen LogP contribution in [0.1, 0.15) is 16.8 Å². The zero-order valence-corrected chi connectivity index (χ0v) is 10.6. The number of primary amides is 1. The molecule has 0 aliphatic carbocycles. The maximum absolute atomic E-state index is 11.5. The number of methoxy groups -OCH3 is 1. The van der Waals surface area contributed by atoms with Crippen LogP contribution in [0.25, 0.3) is 0 Å². The fourth-order valence-electron chi connectivity index (χ4n) is 2.52. The summed E-state index contributed by atoms with van der Waals surface area (Å²) in [7, 11) is 1.70. The van der Waals surface area contributed by atoms with Gasteiger partial charge in [-0.3, -0.25) is 4.79 Å². The standard InChI is InChI=1S/C13H19N3O2/c1-18-8-9-5-6-16(7-9)12-10(13(15)17)3-2-4-11(12)14/h2-4,9H,5-8,14H2,1H3,(H2,15,17). The van der Waals surface area contributed by atoms with Crippen LogP contribution in [0.15, 0.2) is 18.2 Å². The summed E-state index contributed by atoms with van der Waals surface area (Å²) in [6, 6.07) is 5.27. The predicted molar refractivity (Wildman–Crippen MR) is 71.6 cm³/mol. The Morgan fingerprint density at radius 1 is 1.56 bits per heavy atom. The van der Waals surface area contributed by atoms with Crippen LogP contribution in [-0.2, 0) is 4.74 Å². The molecule has 5 heteroatoms. The molecule has 0 spiro atoms. The molecule has 1 aromatic rings. The van der Waals surface area contributed by atoms with E-state index in [2.05, 4.69) is 4.90 Å². The van der Waals surface area contributed by atoms with Crippen molar-refractivity contribution < 1.29 is 9.53 Å². The molecule has 1 aliphatic heterocycles. The lowest BCUT2D eigenvalue weighted by molar-refractivity contribution is 0.100. The number of anilines is 2. The average Bonchev–Trinajstić information content (AvgIpc) is 2.77. The number of hydrogen-bond acceptors (Lipinski definition) is 4. The Balaban J connectivity index is 2.26. The van der Waals surface area contributed by atoms with Gasteiger partial charge in [0.1, 0.15) is 0 Å². The molecule has 2 rings (SSSR count). The van der Waals surface area contributed by atoms with E-state index in [-0.39, 0.29) is 0 Å². The van der Waals surface area contributed by atoms with Gasteiger partial charge in [-0.2, -0.15) is 0 Å². The molecule has 0 saturated carbocycles. The molecule has 5 nitrogen and oxygen atoms in total. The normalized spacial score (nSPS) is 19.2. The third-order valence-electron chi connectivity index (χ3n) is 3.34. The molecule has 1 unspecified atom stereocenters. The van der Waals surface area contributed by atoms with Gasteiger partial charge in [0.15, 0.2) is 0 Å². The van der Waals surface area contributed by atoms with E-state index < -0.39 is 5.91 Å². The van der Waals surface area contributed by atoms with Crippen molar-refractivity contribution in [2.75, 3.05) is 37.4 Å². The summed E-state index contributed by atoms with van der Waals surface area (Å²) in [4.78, 5) is 13.6. The SMILES string of the molecule is COCC1CCN(c2c(N)cccc2C(N)=O)C1. The van der Waals surface area contributed by atoms with Crippen molar-refractivity contribution >= 4 is 17.3 Å². The average molecular weight is 249 g/mol. The second-order valence-corrected chi connectivity index (χ2v) is 4.66. The summed E-state index contributed by atoms with van der Waals surface area (Å²) in [5.74, 6) is 0.0443. The summed E-state index contributed by atoms with van der Waals surface area (Å²) < 4.78 is 5.17. The van der Waals surface area contributed by atoms with E-state index in [0.717, 1.165) is 31.8 Å². The number of carbonyl (C=O) groups excluding carboxylic acids is 1. The van der Waals surface area contributed by atoms with Crippen LogP contribution >= 0.6 is 0 Å². The molecule has 1 aliphatic rings. The Hall–Kier alpha value is -1.75. The first kappa shape index (κ1) is 12.7. The highest BCUT2D eigenvalue weighted by molar-refractivity contribution is 6.01. The van der Waals surface area contributed by atoms with Crippen molar-refractivity contribution in [2.24, 2.45) is 11.7 Å². The molecule has 1 heterocycles. The number of ether oxygens (including phenoxy) is 1. The van der Waals surface area contributed by atoms with Crippen LogP contribution in [0.2, 0.25) is 0 Å². The van der Waals surface area contributed by atoms with Crippen LogP contribution in [0.3, 0.4) is 0 Å². The van der Waals surface area contributed by atoms with E-state index in [1.54, 1.807) is 25.3 Å². The van der Waals surface area contributed by atoms with E-state index in [4.69, 9.17) is 16.2 Å². The molecular weight excluding hydrogens is 230 g/mol. The zero-order chi connectivity index (χ0) is 13.1. The third-order valence-corrected chi connectivity index (χ3v) is 3.34. The Morgan fingerprint density at radius 3 is 3.00 bits per heavy atom. The first-order valence-corrected chi connectivity index (χ1v) is 6.05. The molecule has 1 fully saturated rings. The zero-order valence-electron chi connectivity index (χ0n) is 10.6. The minimum absolute atomic E-state index is 0.438. The molecule has 98 valence electrons. The fourth-order valence-corrected chi connectivity index (χ4v) is 2.52. The second kappa shape index (κ2) is 5.27. The number of carbonyl (C=O) groups is 1. The van der Waals surface area contributed by atoms with Crippen molar-refractivity contribution in [2.45, 2.75) is 6.42 Å². The number of amides is 1. The van der Waals surface area contributed by atoms with Gasteiger partial charge < -0.3 is 21.1 Å². The van der Waals surface area contributed by atoms with Crippen molar-refractivity contribution in [3.63, 3.8) is 0 Å². The topological polar surface area (TPSA) is 81.6 Å². The van der Waals surface area contributed by atoms with E-state index in [1.165, 1.54) is 0 Å². The number of benzene rings is 1. The lowest BCUT2D eigenvalue weighted by atomic mass is 10.1. The number of para-hydroxylation sites is 1. The lowest BCUT2D eigenvalue weighted by Gasteiger charge is -2.22. The number of nitrogens with two attached hydrogens (primary N) is 2. The van der Waals surface area contributed by atoms with Gasteiger partial charge in [0.25, 0.3) is 5.91 Å². The Labute approximate surface area is 107 Å². The Bertz CT molecular complexity index is 448. The molecule has 4 N–H and O–H groups in total. The first-order valence-electron chi connectivity index (χ1n) is 6.05. The maximum Gasteiger partial charge on any atom is 0.250 e. The molecule has 0 bridgehead atoms. The molecule has 0 radical (unpaired) electrons. The highest BCUT2D eigenvalue weighted by Crippen LogP contribution is 2.32. The van der Waals surface area contributed by atoms with Crippen molar-refractivity contribution in [3.05, 3.63) is 23.8 Å². The Morgan fingerprint density at radius 2 is 2.33 bits per heavy atom. The quantitative estimate of drug-likeness (QED) is 0.775. The van der Waals surface area contributed by atoms with Crippen molar-refractivity contribution in [1.29, 1.82) is 0 Å². The van der Waals surface area contributed by atoms with Gasteiger partial charge >= 0.3 is 0 Å². The molecule has 1 atom stereocenters. The van der Waals surface area contributed by atoms with Gasteiger partial charge in [-0.1, -0.05) is 6.07 Å². The summed E-state index contributed by atoms with van der Waals surface area (Å²) in [6.45, 7) is 2.46. The van der Waals surface area contributed by atoms with Crippen LogP contribution in [0.4, 0.5) is 11.4 Å². The highest BCUT2D eigenvalue weighted by atomic mass is 16.5. The van der Waals surface area contributed by atoms with E-state index in [9.17, 15) is 4.79 Å². The van der Waals surface area contributed by atoms with E-state index in [0.29, 0.717) is 17.2 Å². The minimum atomic E-state index is -0.438. The van der Waals surface area contributed by atoms with Gasteiger partial charge in [0.05, 0.1) is 23.5 Å².